The third-order valence-electron chi connectivity index (χ3n) is 2.90. The molecule has 1 aliphatic rings. The molecule has 0 aromatic heterocycles. The number of unbranched alkanes of at least 4 members (excludes halogenated alkanes) is 1. The maximum absolute atomic E-state index is 11.3. The Morgan fingerprint density at radius 2 is 1.85 bits per heavy atom. The first-order valence-electron chi connectivity index (χ1n) is 5.99. The van der Waals surface area contributed by atoms with Crippen LogP contribution >= 0.6 is 0 Å². The van der Waals surface area contributed by atoms with Gasteiger partial charge >= 0.3 is 0 Å². The molecule has 0 spiro atoms. The largest absolute Gasteiger partial charge is 0.358 e. The van der Waals surface area contributed by atoms with E-state index in [1.165, 1.54) is 7.05 Å². The topological polar surface area (TPSA) is 121 Å². The standard InChI is InChI=1S/C11H16N2O6S/c1-12-11(16)8(20(17,18)19)4-2-3-7-13-9(14)5-6-10(13)15/h5-6,8H,2-4,7H2,1H3,(H,12,16)(H,17,18,19). The zero-order chi connectivity index (χ0) is 15.3. The maximum Gasteiger partial charge on any atom is 0.276 e. The lowest BCUT2D eigenvalue weighted by Gasteiger charge is -2.15. The summed E-state index contributed by atoms with van der Waals surface area (Å²) in [6, 6.07) is 0. The van der Waals surface area contributed by atoms with Crippen molar-refractivity contribution in [3.05, 3.63) is 12.2 Å². The Hall–Kier alpha value is -1.74. The Morgan fingerprint density at radius 1 is 1.30 bits per heavy atom. The molecule has 1 atom stereocenters. The molecule has 9 heteroatoms. The fourth-order valence-corrected chi connectivity index (χ4v) is 2.68. The lowest BCUT2D eigenvalue weighted by atomic mass is 10.1. The van der Waals surface area contributed by atoms with Crippen molar-refractivity contribution >= 4 is 27.8 Å². The van der Waals surface area contributed by atoms with E-state index in [0.717, 1.165) is 17.1 Å². The minimum Gasteiger partial charge on any atom is -0.358 e. The Kier molecular flexibility index (Phi) is 5.40. The zero-order valence-electron chi connectivity index (χ0n) is 10.9. The van der Waals surface area contributed by atoms with E-state index in [1.807, 2.05) is 0 Å². The number of nitrogens with zero attached hydrogens (tertiary/aromatic N) is 1. The quantitative estimate of drug-likeness (QED) is 0.356. The van der Waals surface area contributed by atoms with Crippen LogP contribution in [-0.2, 0) is 24.5 Å². The molecule has 0 radical (unpaired) electrons. The fraction of sp³-hybridized carbons (Fsp3) is 0.545. The third-order valence-corrected chi connectivity index (χ3v) is 4.07. The molecule has 1 rings (SSSR count). The smallest absolute Gasteiger partial charge is 0.276 e. The Morgan fingerprint density at radius 3 is 2.30 bits per heavy atom. The van der Waals surface area contributed by atoms with Crippen molar-refractivity contribution < 1.29 is 27.4 Å². The van der Waals surface area contributed by atoms with Crippen LogP contribution in [0.15, 0.2) is 12.2 Å². The molecule has 0 saturated carbocycles. The molecule has 0 fully saturated rings. The van der Waals surface area contributed by atoms with Crippen LogP contribution in [0.1, 0.15) is 19.3 Å². The van der Waals surface area contributed by atoms with E-state index in [-0.39, 0.29) is 19.4 Å². The molecule has 0 aromatic carbocycles. The minimum atomic E-state index is -4.47. The van der Waals surface area contributed by atoms with Gasteiger partial charge in [-0.15, -0.1) is 0 Å². The van der Waals surface area contributed by atoms with E-state index in [2.05, 4.69) is 5.32 Å². The number of rotatable bonds is 7. The van der Waals surface area contributed by atoms with Gasteiger partial charge in [-0.05, 0) is 19.3 Å². The van der Waals surface area contributed by atoms with Gasteiger partial charge in [0, 0.05) is 25.7 Å². The first kappa shape index (κ1) is 16.3. The van der Waals surface area contributed by atoms with Crippen LogP contribution in [0.25, 0.3) is 0 Å². The molecule has 1 heterocycles. The Labute approximate surface area is 116 Å². The molecule has 2 N–H and O–H groups in total. The van der Waals surface area contributed by atoms with Gasteiger partial charge in [0.05, 0.1) is 0 Å². The van der Waals surface area contributed by atoms with Gasteiger partial charge in [-0.3, -0.25) is 23.8 Å². The number of nitrogens with one attached hydrogen (secondary N) is 1. The third kappa shape index (κ3) is 4.14. The first-order valence-corrected chi connectivity index (χ1v) is 7.49. The average Bonchev–Trinajstić information content (AvgIpc) is 2.67. The van der Waals surface area contributed by atoms with Gasteiger partial charge in [0.25, 0.3) is 21.9 Å². The lowest BCUT2D eigenvalue weighted by molar-refractivity contribution is -0.136. The molecule has 0 aliphatic carbocycles. The monoisotopic (exact) mass is 304 g/mol. The van der Waals surface area contributed by atoms with Crippen molar-refractivity contribution in [1.82, 2.24) is 10.2 Å². The molecular formula is C11H16N2O6S. The van der Waals surface area contributed by atoms with Crippen molar-refractivity contribution in [2.45, 2.75) is 24.5 Å². The van der Waals surface area contributed by atoms with E-state index in [4.69, 9.17) is 4.55 Å². The van der Waals surface area contributed by atoms with Gasteiger partial charge in [0.2, 0.25) is 5.91 Å². The van der Waals surface area contributed by atoms with Crippen LogP contribution in [0.3, 0.4) is 0 Å². The first-order chi connectivity index (χ1) is 9.27. The van der Waals surface area contributed by atoms with E-state index in [9.17, 15) is 22.8 Å². The van der Waals surface area contributed by atoms with Crippen LogP contribution in [0.5, 0.6) is 0 Å². The number of carbonyl (C=O) groups excluding carboxylic acids is 3. The number of hydrogen-bond donors (Lipinski definition) is 2. The molecule has 0 saturated heterocycles. The highest BCUT2D eigenvalue weighted by atomic mass is 32.2. The van der Waals surface area contributed by atoms with Gasteiger partial charge in [0.15, 0.2) is 5.25 Å². The minimum absolute atomic E-state index is 0.0812. The molecule has 1 aliphatic heterocycles. The normalized spacial score (nSPS) is 16.6. The molecular weight excluding hydrogens is 288 g/mol. The van der Waals surface area contributed by atoms with Crippen molar-refractivity contribution in [3.63, 3.8) is 0 Å². The predicted molar refractivity (Wildman–Crippen MR) is 69.1 cm³/mol. The number of imide groups is 1. The zero-order valence-corrected chi connectivity index (χ0v) is 11.7. The average molecular weight is 304 g/mol. The predicted octanol–water partition coefficient (Wildman–Crippen LogP) is -0.916. The van der Waals surface area contributed by atoms with Gasteiger partial charge in [0.1, 0.15) is 0 Å². The summed E-state index contributed by atoms with van der Waals surface area (Å²) >= 11 is 0. The van der Waals surface area contributed by atoms with Crippen molar-refractivity contribution in [1.29, 1.82) is 0 Å². The van der Waals surface area contributed by atoms with Crippen LogP contribution in [-0.4, -0.2) is 54.4 Å². The summed E-state index contributed by atoms with van der Waals surface area (Å²) in [5.41, 5.74) is 0. The van der Waals surface area contributed by atoms with Gasteiger partial charge in [-0.2, -0.15) is 8.42 Å². The summed E-state index contributed by atoms with van der Waals surface area (Å²) in [6.07, 6.45) is 2.86. The summed E-state index contributed by atoms with van der Waals surface area (Å²) in [5, 5.41) is 0.629. The highest BCUT2D eigenvalue weighted by Gasteiger charge is 2.30. The van der Waals surface area contributed by atoms with Gasteiger partial charge in [-0.25, -0.2) is 0 Å². The van der Waals surface area contributed by atoms with Crippen LogP contribution in [0.2, 0.25) is 0 Å². The second-order valence-corrected chi connectivity index (χ2v) is 5.87. The molecule has 0 aromatic rings. The van der Waals surface area contributed by atoms with Crippen molar-refractivity contribution in [2.24, 2.45) is 0 Å². The van der Waals surface area contributed by atoms with E-state index in [0.29, 0.717) is 6.42 Å². The number of hydrogen-bond acceptors (Lipinski definition) is 5. The molecule has 112 valence electrons. The van der Waals surface area contributed by atoms with Crippen molar-refractivity contribution in [2.75, 3.05) is 13.6 Å². The van der Waals surface area contributed by atoms with E-state index in [1.54, 1.807) is 0 Å². The molecule has 3 amide bonds. The number of carbonyl (C=O) groups is 3. The SMILES string of the molecule is CNC(=O)C(CCCCN1C(=O)C=CC1=O)S(=O)(=O)O. The Bertz CT molecular complexity index is 521. The summed E-state index contributed by atoms with van der Waals surface area (Å²) in [4.78, 5) is 34.9. The molecule has 1 unspecified atom stereocenters. The number of amides is 3. The molecule has 0 bridgehead atoms. The van der Waals surface area contributed by atoms with Crippen LogP contribution < -0.4 is 5.32 Å². The van der Waals surface area contributed by atoms with E-state index >= 15 is 0 Å². The Balaban J connectivity index is 2.44. The highest BCUT2D eigenvalue weighted by Crippen LogP contribution is 2.12. The van der Waals surface area contributed by atoms with Gasteiger partial charge in [-0.1, -0.05) is 0 Å². The van der Waals surface area contributed by atoms with Crippen molar-refractivity contribution in [3.8, 4) is 0 Å². The summed E-state index contributed by atoms with van der Waals surface area (Å²) in [7, 11) is -3.20. The lowest BCUT2D eigenvalue weighted by Crippen LogP contribution is -2.38. The second-order valence-electron chi connectivity index (χ2n) is 4.28. The summed E-state index contributed by atoms with van der Waals surface area (Å²) in [5.74, 6) is -1.61. The summed E-state index contributed by atoms with van der Waals surface area (Å²) in [6.45, 7) is 0.149. The van der Waals surface area contributed by atoms with Gasteiger partial charge < -0.3 is 5.32 Å². The highest BCUT2D eigenvalue weighted by molar-refractivity contribution is 7.87. The van der Waals surface area contributed by atoms with Crippen LogP contribution in [0.4, 0.5) is 0 Å². The summed E-state index contributed by atoms with van der Waals surface area (Å²) < 4.78 is 31.1. The van der Waals surface area contributed by atoms with E-state index < -0.39 is 33.1 Å². The fourth-order valence-electron chi connectivity index (χ4n) is 1.83. The maximum atomic E-state index is 11.3. The molecule has 8 nitrogen and oxygen atoms in total. The second kappa shape index (κ2) is 6.62. The molecule has 20 heavy (non-hydrogen) atoms. The van der Waals surface area contributed by atoms with Crippen LogP contribution in [0, 0.1) is 0 Å².